The summed E-state index contributed by atoms with van der Waals surface area (Å²) in [6, 6.07) is 6.67. The van der Waals surface area contributed by atoms with Gasteiger partial charge in [0.1, 0.15) is 5.82 Å². The summed E-state index contributed by atoms with van der Waals surface area (Å²) in [7, 11) is 0. The molecule has 1 aliphatic heterocycles. The highest BCUT2D eigenvalue weighted by Crippen LogP contribution is 2.30. The number of benzene rings is 1. The Morgan fingerprint density at radius 2 is 1.95 bits per heavy atom. The molecule has 0 spiro atoms. The summed E-state index contributed by atoms with van der Waals surface area (Å²) in [4.78, 5) is 2.62. The summed E-state index contributed by atoms with van der Waals surface area (Å²) in [6.07, 6.45) is 5.16. The average Bonchev–Trinajstić information content (AvgIpc) is 3.27. The molecule has 2 fully saturated rings. The quantitative estimate of drug-likeness (QED) is 0.910. The second kappa shape index (κ2) is 6.00. The van der Waals surface area contributed by atoms with E-state index in [0.29, 0.717) is 6.04 Å². The maximum atomic E-state index is 13.5. The smallest absolute Gasteiger partial charge is 0.142 e. The summed E-state index contributed by atoms with van der Waals surface area (Å²) in [5.74, 6) is -0.332. The van der Waals surface area contributed by atoms with Gasteiger partial charge in [-0.3, -0.25) is 0 Å². The molecule has 1 saturated carbocycles. The molecule has 1 saturated heterocycles. The Morgan fingerprint density at radius 1 is 1.25 bits per heavy atom. The van der Waals surface area contributed by atoms with Crippen LogP contribution in [0.1, 0.15) is 44.2 Å². The van der Waals surface area contributed by atoms with E-state index >= 15 is 0 Å². The van der Waals surface area contributed by atoms with E-state index in [-0.39, 0.29) is 16.9 Å². The zero-order valence-electron chi connectivity index (χ0n) is 11.9. The molecule has 1 aromatic carbocycles. The highest BCUT2D eigenvalue weighted by Gasteiger charge is 2.31. The predicted octanol–water partition coefficient (Wildman–Crippen LogP) is 3.76. The molecule has 1 aliphatic carbocycles. The van der Waals surface area contributed by atoms with Crippen molar-refractivity contribution in [3.8, 4) is 0 Å². The van der Waals surface area contributed by atoms with Gasteiger partial charge in [0.15, 0.2) is 0 Å². The number of hydrogen-bond donors (Lipinski definition) is 1. The van der Waals surface area contributed by atoms with Crippen LogP contribution in [0, 0.1) is 5.82 Å². The Balaban J connectivity index is 1.53. The van der Waals surface area contributed by atoms with Crippen molar-refractivity contribution < 1.29 is 4.39 Å². The first-order chi connectivity index (χ1) is 9.63. The van der Waals surface area contributed by atoms with Crippen LogP contribution in [0.3, 0.4) is 0 Å². The van der Waals surface area contributed by atoms with E-state index in [1.54, 1.807) is 12.1 Å². The van der Waals surface area contributed by atoms with E-state index < -0.39 is 0 Å². The number of nitrogens with one attached hydrogen (secondary N) is 1. The Hall–Kier alpha value is -0.640. The first-order valence-corrected chi connectivity index (χ1v) is 7.96. The van der Waals surface area contributed by atoms with Gasteiger partial charge in [-0.2, -0.15) is 0 Å². The fourth-order valence-corrected chi connectivity index (χ4v) is 3.22. The number of halogens is 2. The van der Waals surface area contributed by atoms with Gasteiger partial charge in [0.05, 0.1) is 5.02 Å². The molecular formula is C16H22ClFN2. The van der Waals surface area contributed by atoms with Crippen LogP contribution in [0.25, 0.3) is 0 Å². The molecule has 1 heterocycles. The van der Waals surface area contributed by atoms with Crippen molar-refractivity contribution in [2.45, 2.75) is 50.7 Å². The standard InChI is InChI=1S/C16H22ClFN2/c1-11(12-2-5-15(17)16(18)10-12)19-13-6-8-20(9-7-13)14-3-4-14/h2,5,10-11,13-14,19H,3-4,6-9H2,1H3. The second-order valence-corrected chi connectivity index (χ2v) is 6.51. The fraction of sp³-hybridized carbons (Fsp3) is 0.625. The molecule has 1 atom stereocenters. The van der Waals surface area contributed by atoms with Gasteiger partial charge in [-0.05, 0) is 63.4 Å². The molecule has 0 amide bonds. The van der Waals surface area contributed by atoms with Crippen LogP contribution in [-0.2, 0) is 0 Å². The van der Waals surface area contributed by atoms with Gasteiger partial charge in [0.25, 0.3) is 0 Å². The maximum Gasteiger partial charge on any atom is 0.142 e. The number of nitrogens with zero attached hydrogens (tertiary/aromatic N) is 1. The van der Waals surface area contributed by atoms with Gasteiger partial charge in [-0.15, -0.1) is 0 Å². The lowest BCUT2D eigenvalue weighted by atomic mass is 10.0. The van der Waals surface area contributed by atoms with Gasteiger partial charge in [0, 0.05) is 18.1 Å². The third kappa shape index (κ3) is 3.33. The minimum absolute atomic E-state index is 0.166. The normalized spacial score (nSPS) is 22.9. The molecule has 1 unspecified atom stereocenters. The van der Waals surface area contributed by atoms with Crippen LogP contribution in [0.15, 0.2) is 18.2 Å². The molecule has 0 bridgehead atoms. The zero-order chi connectivity index (χ0) is 14.1. The van der Waals surface area contributed by atoms with Crippen LogP contribution in [-0.4, -0.2) is 30.1 Å². The minimum Gasteiger partial charge on any atom is -0.307 e. The van der Waals surface area contributed by atoms with E-state index in [1.807, 2.05) is 6.07 Å². The number of likely N-dealkylation sites (tertiary alicyclic amines) is 1. The number of hydrogen-bond acceptors (Lipinski definition) is 2. The largest absolute Gasteiger partial charge is 0.307 e. The number of piperidine rings is 1. The summed E-state index contributed by atoms with van der Waals surface area (Å²) in [6.45, 7) is 4.49. The second-order valence-electron chi connectivity index (χ2n) is 6.10. The first-order valence-electron chi connectivity index (χ1n) is 7.58. The van der Waals surface area contributed by atoms with Crippen LogP contribution < -0.4 is 5.32 Å². The monoisotopic (exact) mass is 296 g/mol. The molecule has 20 heavy (non-hydrogen) atoms. The van der Waals surface area contributed by atoms with Gasteiger partial charge in [0.2, 0.25) is 0 Å². The summed E-state index contributed by atoms with van der Waals surface area (Å²) >= 11 is 5.73. The summed E-state index contributed by atoms with van der Waals surface area (Å²) in [5, 5.41) is 3.82. The maximum absolute atomic E-state index is 13.5. The van der Waals surface area contributed by atoms with Crippen molar-refractivity contribution in [1.29, 1.82) is 0 Å². The minimum atomic E-state index is -0.332. The van der Waals surface area contributed by atoms with E-state index in [1.165, 1.54) is 38.8 Å². The predicted molar refractivity (Wildman–Crippen MR) is 80.6 cm³/mol. The molecule has 1 N–H and O–H groups in total. The molecule has 2 aliphatic rings. The van der Waals surface area contributed by atoms with Crippen LogP contribution in [0.5, 0.6) is 0 Å². The average molecular weight is 297 g/mol. The highest BCUT2D eigenvalue weighted by molar-refractivity contribution is 6.30. The highest BCUT2D eigenvalue weighted by atomic mass is 35.5. The summed E-state index contributed by atoms with van der Waals surface area (Å²) in [5.41, 5.74) is 0.969. The first kappa shape index (κ1) is 14.3. The van der Waals surface area contributed by atoms with Crippen molar-refractivity contribution in [3.63, 3.8) is 0 Å². The van der Waals surface area contributed by atoms with Gasteiger partial charge in [-0.25, -0.2) is 4.39 Å². The van der Waals surface area contributed by atoms with Crippen LogP contribution >= 0.6 is 11.6 Å². The molecule has 110 valence electrons. The molecule has 0 aromatic heterocycles. The zero-order valence-corrected chi connectivity index (χ0v) is 12.7. The fourth-order valence-electron chi connectivity index (χ4n) is 3.10. The molecular weight excluding hydrogens is 275 g/mol. The van der Waals surface area contributed by atoms with Crippen LogP contribution in [0.2, 0.25) is 5.02 Å². The Labute approximate surface area is 125 Å². The summed E-state index contributed by atoms with van der Waals surface area (Å²) < 4.78 is 13.5. The lowest BCUT2D eigenvalue weighted by Crippen LogP contribution is -2.44. The van der Waals surface area contributed by atoms with Crippen molar-refractivity contribution in [3.05, 3.63) is 34.6 Å². The molecule has 3 rings (SSSR count). The third-order valence-electron chi connectivity index (χ3n) is 4.52. The third-order valence-corrected chi connectivity index (χ3v) is 4.83. The lowest BCUT2D eigenvalue weighted by Gasteiger charge is -2.34. The number of rotatable bonds is 4. The van der Waals surface area contributed by atoms with E-state index in [4.69, 9.17) is 11.6 Å². The topological polar surface area (TPSA) is 15.3 Å². The SMILES string of the molecule is CC(NC1CCN(C2CC2)CC1)c1ccc(Cl)c(F)c1. The van der Waals surface area contributed by atoms with Crippen molar-refractivity contribution in [1.82, 2.24) is 10.2 Å². The van der Waals surface area contributed by atoms with E-state index in [0.717, 1.165) is 11.6 Å². The molecule has 0 radical (unpaired) electrons. The Bertz CT molecular complexity index is 468. The van der Waals surface area contributed by atoms with E-state index in [9.17, 15) is 4.39 Å². The molecule has 2 nitrogen and oxygen atoms in total. The van der Waals surface area contributed by atoms with Gasteiger partial charge < -0.3 is 10.2 Å². The van der Waals surface area contributed by atoms with Crippen LogP contribution in [0.4, 0.5) is 4.39 Å². The molecule has 4 heteroatoms. The lowest BCUT2D eigenvalue weighted by molar-refractivity contribution is 0.184. The Kier molecular flexibility index (Phi) is 4.29. The van der Waals surface area contributed by atoms with E-state index in [2.05, 4.69) is 17.1 Å². The van der Waals surface area contributed by atoms with Gasteiger partial charge in [-0.1, -0.05) is 17.7 Å². The van der Waals surface area contributed by atoms with Crippen molar-refractivity contribution >= 4 is 11.6 Å². The van der Waals surface area contributed by atoms with Crippen molar-refractivity contribution in [2.75, 3.05) is 13.1 Å². The van der Waals surface area contributed by atoms with Gasteiger partial charge >= 0.3 is 0 Å². The molecule has 1 aromatic rings. The van der Waals surface area contributed by atoms with Crippen molar-refractivity contribution in [2.24, 2.45) is 0 Å². The Morgan fingerprint density at radius 3 is 2.55 bits per heavy atom.